The number of anilines is 2. The highest BCUT2D eigenvalue weighted by Gasteiger charge is 2.52. The number of hydrogen-bond donors (Lipinski definition) is 4. The predicted molar refractivity (Wildman–Crippen MR) is 128 cm³/mol. The highest BCUT2D eigenvalue weighted by molar-refractivity contribution is 8.25. The van der Waals surface area contributed by atoms with Crippen molar-refractivity contribution < 1.29 is 9.11 Å². The van der Waals surface area contributed by atoms with Crippen LogP contribution in [0.3, 0.4) is 0 Å². The van der Waals surface area contributed by atoms with Gasteiger partial charge in [-0.25, -0.2) is 0 Å². The standard InChI is InChI=1S/C24H27N5O3S/c25-11-7-18(15-3-4-15)29-19-8-12-26-23(30)21(19)22(28-29)27-17-5-6-20-16(13-17)14-24(33(20,31)32)9-1-2-10-24/h5-6,8,12-13,15,18,31-32H,1-4,7,9-10,14H2,(H,26,30)(H,27,28). The summed E-state index contributed by atoms with van der Waals surface area (Å²) in [6.07, 6.45) is 8.53. The van der Waals surface area contributed by atoms with Crippen LogP contribution in [0.5, 0.6) is 0 Å². The molecule has 1 aromatic carbocycles. The van der Waals surface area contributed by atoms with Gasteiger partial charge in [-0.1, -0.05) is 12.8 Å². The fourth-order valence-corrected chi connectivity index (χ4v) is 8.27. The van der Waals surface area contributed by atoms with E-state index in [1.54, 1.807) is 6.20 Å². The lowest BCUT2D eigenvalue weighted by atomic mass is 9.97. The smallest absolute Gasteiger partial charge is 0.261 e. The topological polar surface area (TPSA) is 127 Å². The SMILES string of the molecule is N#CCC(C1CC1)n1nc(Nc2ccc3c(c2)CC2(CCCC2)S3(O)O)c2c(=O)[nH]ccc21. The lowest BCUT2D eigenvalue weighted by Crippen LogP contribution is -2.29. The summed E-state index contributed by atoms with van der Waals surface area (Å²) >= 11 is 0. The number of benzene rings is 1. The van der Waals surface area contributed by atoms with Gasteiger partial charge in [0.25, 0.3) is 5.56 Å². The highest BCUT2D eigenvalue weighted by atomic mass is 32.3. The minimum absolute atomic E-state index is 0.0508. The molecule has 1 unspecified atom stereocenters. The minimum Gasteiger partial charge on any atom is -0.338 e. The lowest BCUT2D eigenvalue weighted by molar-refractivity contribution is 0.426. The van der Waals surface area contributed by atoms with Crippen molar-refractivity contribution in [3.8, 4) is 6.07 Å². The van der Waals surface area contributed by atoms with Crippen molar-refractivity contribution >= 4 is 33.0 Å². The van der Waals surface area contributed by atoms with E-state index >= 15 is 0 Å². The molecule has 3 heterocycles. The number of H-pyrrole nitrogens is 1. The quantitative estimate of drug-likeness (QED) is 0.404. The van der Waals surface area contributed by atoms with E-state index in [1.807, 2.05) is 28.9 Å². The third-order valence-corrected chi connectivity index (χ3v) is 10.4. The number of rotatable bonds is 5. The Morgan fingerprint density at radius 3 is 2.82 bits per heavy atom. The molecule has 8 nitrogen and oxygen atoms in total. The molecule has 0 bridgehead atoms. The van der Waals surface area contributed by atoms with Gasteiger partial charge in [0, 0.05) is 11.9 Å². The molecule has 2 aromatic heterocycles. The first kappa shape index (κ1) is 20.8. The third kappa shape index (κ3) is 3.12. The number of aromatic amines is 1. The van der Waals surface area contributed by atoms with Crippen molar-refractivity contribution in [1.29, 1.82) is 5.26 Å². The van der Waals surface area contributed by atoms with E-state index < -0.39 is 15.3 Å². The molecule has 3 aliphatic rings. The molecule has 172 valence electrons. The first-order valence-corrected chi connectivity index (χ1v) is 13.1. The van der Waals surface area contributed by atoms with Crippen molar-refractivity contribution in [3.63, 3.8) is 0 Å². The molecule has 4 N–H and O–H groups in total. The maximum Gasteiger partial charge on any atom is 0.261 e. The molecular weight excluding hydrogens is 438 g/mol. The largest absolute Gasteiger partial charge is 0.338 e. The molecule has 2 aliphatic carbocycles. The molecule has 1 spiro atoms. The van der Waals surface area contributed by atoms with Gasteiger partial charge in [0.1, 0.15) is 5.39 Å². The van der Waals surface area contributed by atoms with Crippen LogP contribution >= 0.6 is 10.6 Å². The Balaban J connectivity index is 1.39. The minimum atomic E-state index is -2.83. The van der Waals surface area contributed by atoms with Gasteiger partial charge in [-0.15, -0.1) is 0 Å². The van der Waals surface area contributed by atoms with E-state index in [2.05, 4.69) is 16.4 Å². The molecule has 0 amide bonds. The van der Waals surface area contributed by atoms with Gasteiger partial charge in [-0.3, -0.25) is 18.6 Å². The van der Waals surface area contributed by atoms with Gasteiger partial charge in [0.15, 0.2) is 5.82 Å². The van der Waals surface area contributed by atoms with Crippen molar-refractivity contribution in [2.45, 2.75) is 67.1 Å². The maximum absolute atomic E-state index is 12.7. The van der Waals surface area contributed by atoms with Crippen LogP contribution in [0.25, 0.3) is 10.9 Å². The van der Waals surface area contributed by atoms with Crippen molar-refractivity contribution in [2.75, 3.05) is 5.32 Å². The molecule has 1 aliphatic heterocycles. The Hall–Kier alpha value is -2.80. The summed E-state index contributed by atoms with van der Waals surface area (Å²) in [5.74, 6) is 0.864. The Morgan fingerprint density at radius 1 is 1.30 bits per heavy atom. The molecule has 33 heavy (non-hydrogen) atoms. The summed E-state index contributed by atoms with van der Waals surface area (Å²) in [4.78, 5) is 16.1. The summed E-state index contributed by atoms with van der Waals surface area (Å²) in [7, 11) is -2.83. The van der Waals surface area contributed by atoms with Crippen LogP contribution in [0.4, 0.5) is 11.5 Å². The van der Waals surface area contributed by atoms with Gasteiger partial charge >= 0.3 is 0 Å². The first-order chi connectivity index (χ1) is 15.9. The number of hydrogen-bond acceptors (Lipinski definition) is 6. The van der Waals surface area contributed by atoms with Gasteiger partial charge in [0.2, 0.25) is 0 Å². The van der Waals surface area contributed by atoms with Crippen LogP contribution in [0, 0.1) is 17.2 Å². The highest BCUT2D eigenvalue weighted by Crippen LogP contribution is 2.71. The molecule has 6 rings (SSSR count). The second-order valence-corrected chi connectivity index (χ2v) is 12.1. The summed E-state index contributed by atoms with van der Waals surface area (Å²) in [6.45, 7) is 0. The zero-order valence-corrected chi connectivity index (χ0v) is 19.1. The lowest BCUT2D eigenvalue weighted by Gasteiger charge is -2.43. The molecule has 1 atom stereocenters. The molecule has 9 heteroatoms. The van der Waals surface area contributed by atoms with Crippen molar-refractivity contribution in [3.05, 3.63) is 46.4 Å². The Bertz CT molecular complexity index is 1340. The molecule has 0 saturated heterocycles. The fraction of sp³-hybridized carbons (Fsp3) is 0.458. The van der Waals surface area contributed by atoms with Gasteiger partial charge in [-0.05, 0) is 67.9 Å². The summed E-state index contributed by atoms with van der Waals surface area (Å²) in [5, 5.41) is 17.9. The van der Waals surface area contributed by atoms with Crippen LogP contribution in [0.15, 0.2) is 40.2 Å². The number of pyridine rings is 1. The Kier molecular flexibility index (Phi) is 4.63. The van der Waals surface area contributed by atoms with Crippen LogP contribution < -0.4 is 10.9 Å². The van der Waals surface area contributed by atoms with Crippen molar-refractivity contribution in [1.82, 2.24) is 14.8 Å². The number of nitrogens with one attached hydrogen (secondary N) is 2. The van der Waals surface area contributed by atoms with E-state index in [4.69, 9.17) is 5.10 Å². The van der Waals surface area contributed by atoms with E-state index in [9.17, 15) is 19.2 Å². The average Bonchev–Trinajstić information content (AvgIpc) is 3.33. The van der Waals surface area contributed by atoms with E-state index in [0.717, 1.165) is 49.8 Å². The van der Waals surface area contributed by atoms with Gasteiger partial charge in [-0.2, -0.15) is 21.0 Å². The van der Waals surface area contributed by atoms with Crippen molar-refractivity contribution in [2.24, 2.45) is 5.92 Å². The van der Waals surface area contributed by atoms with Gasteiger partial charge in [0.05, 0.1) is 33.7 Å². The number of nitrogens with zero attached hydrogens (tertiary/aromatic N) is 3. The molecule has 0 radical (unpaired) electrons. The van der Waals surface area contributed by atoms with Crippen LogP contribution in [-0.2, 0) is 6.42 Å². The van der Waals surface area contributed by atoms with Crippen LogP contribution in [-0.4, -0.2) is 28.6 Å². The summed E-state index contributed by atoms with van der Waals surface area (Å²) in [5.41, 5.74) is 2.21. The monoisotopic (exact) mass is 465 g/mol. The second kappa shape index (κ2) is 7.35. The maximum atomic E-state index is 12.7. The number of nitriles is 1. The normalized spacial score (nSPS) is 22.2. The molecule has 2 saturated carbocycles. The number of fused-ring (bicyclic) bond motifs is 2. The fourth-order valence-electron chi connectivity index (χ4n) is 5.84. The molecule has 3 aromatic rings. The average molecular weight is 466 g/mol. The Labute approximate surface area is 193 Å². The summed E-state index contributed by atoms with van der Waals surface area (Å²) in [6, 6.07) is 9.67. The zero-order chi connectivity index (χ0) is 22.8. The second-order valence-electron chi connectivity index (χ2n) is 9.69. The van der Waals surface area contributed by atoms with E-state index in [0.29, 0.717) is 40.4 Å². The first-order valence-electron chi connectivity index (χ1n) is 11.6. The summed E-state index contributed by atoms with van der Waals surface area (Å²) < 4.78 is 23.5. The predicted octanol–water partition coefficient (Wildman–Crippen LogP) is 5.31. The Morgan fingerprint density at radius 2 is 2.09 bits per heavy atom. The number of aromatic nitrogens is 3. The van der Waals surface area contributed by atoms with Gasteiger partial charge < -0.3 is 10.3 Å². The zero-order valence-electron chi connectivity index (χ0n) is 18.3. The molecular formula is C24H27N5O3S. The van der Waals surface area contributed by atoms with E-state index in [1.165, 1.54) is 0 Å². The van der Waals surface area contributed by atoms with Crippen LogP contribution in [0.1, 0.15) is 56.6 Å². The third-order valence-electron chi connectivity index (χ3n) is 7.67. The van der Waals surface area contributed by atoms with Crippen LogP contribution in [0.2, 0.25) is 0 Å². The van der Waals surface area contributed by atoms with E-state index in [-0.39, 0.29) is 11.6 Å². The molecule has 2 fully saturated rings.